The van der Waals surface area contributed by atoms with Gasteiger partial charge in [-0.2, -0.15) is 0 Å². The van der Waals surface area contributed by atoms with E-state index in [9.17, 15) is 4.79 Å². The summed E-state index contributed by atoms with van der Waals surface area (Å²) in [5.41, 5.74) is 0.921. The Labute approximate surface area is 109 Å². The number of ether oxygens (including phenoxy) is 1. The minimum atomic E-state index is -0.533. The SMILES string of the molecule is COC(=O)c1ncn(Cc2csc(C(C)C)n2)n1. The first-order chi connectivity index (χ1) is 8.60. The third-order valence-electron chi connectivity index (χ3n) is 2.29. The Kier molecular flexibility index (Phi) is 3.71. The Bertz CT molecular complexity index is 547. The van der Waals surface area contributed by atoms with Crippen molar-refractivity contribution in [2.75, 3.05) is 7.11 Å². The predicted molar refractivity (Wildman–Crippen MR) is 66.7 cm³/mol. The third-order valence-corrected chi connectivity index (χ3v) is 3.49. The molecule has 0 aliphatic rings. The summed E-state index contributed by atoms with van der Waals surface area (Å²) in [7, 11) is 1.30. The lowest BCUT2D eigenvalue weighted by Crippen LogP contribution is -2.06. The van der Waals surface area contributed by atoms with Gasteiger partial charge in [0.05, 0.1) is 24.4 Å². The van der Waals surface area contributed by atoms with Gasteiger partial charge in [0.2, 0.25) is 0 Å². The van der Waals surface area contributed by atoms with Crippen molar-refractivity contribution in [1.82, 2.24) is 19.7 Å². The zero-order valence-corrected chi connectivity index (χ0v) is 11.3. The van der Waals surface area contributed by atoms with E-state index in [0.29, 0.717) is 12.5 Å². The second kappa shape index (κ2) is 5.26. The van der Waals surface area contributed by atoms with Gasteiger partial charge in [-0.1, -0.05) is 13.8 Å². The maximum atomic E-state index is 11.2. The van der Waals surface area contributed by atoms with Gasteiger partial charge < -0.3 is 4.74 Å². The van der Waals surface area contributed by atoms with E-state index in [1.165, 1.54) is 13.4 Å². The number of aromatic nitrogens is 4. The average molecular weight is 266 g/mol. The van der Waals surface area contributed by atoms with Crippen LogP contribution in [0.25, 0.3) is 0 Å². The van der Waals surface area contributed by atoms with Crippen LogP contribution < -0.4 is 0 Å². The molecule has 0 aliphatic carbocycles. The minimum Gasteiger partial charge on any atom is -0.463 e. The van der Waals surface area contributed by atoms with Crippen molar-refractivity contribution in [3.8, 4) is 0 Å². The summed E-state index contributed by atoms with van der Waals surface area (Å²) >= 11 is 1.63. The number of esters is 1. The molecule has 6 nitrogen and oxygen atoms in total. The second-order valence-corrected chi connectivity index (χ2v) is 4.98. The smallest absolute Gasteiger partial charge is 0.377 e. The van der Waals surface area contributed by atoms with Crippen LogP contribution in [0.15, 0.2) is 11.7 Å². The van der Waals surface area contributed by atoms with E-state index >= 15 is 0 Å². The van der Waals surface area contributed by atoms with E-state index in [-0.39, 0.29) is 5.82 Å². The summed E-state index contributed by atoms with van der Waals surface area (Å²) in [6.07, 6.45) is 1.50. The molecule has 0 N–H and O–H groups in total. The Morgan fingerprint density at radius 2 is 2.33 bits per heavy atom. The predicted octanol–water partition coefficient (Wildman–Crippen LogP) is 1.69. The lowest BCUT2D eigenvalue weighted by molar-refractivity contribution is 0.0586. The van der Waals surface area contributed by atoms with Crippen LogP contribution in [0, 0.1) is 0 Å². The first-order valence-corrected chi connectivity index (χ1v) is 6.40. The van der Waals surface area contributed by atoms with Crippen molar-refractivity contribution in [1.29, 1.82) is 0 Å². The van der Waals surface area contributed by atoms with Crippen LogP contribution in [0.2, 0.25) is 0 Å². The molecule has 0 unspecified atom stereocenters. The van der Waals surface area contributed by atoms with E-state index in [1.807, 2.05) is 5.38 Å². The zero-order valence-electron chi connectivity index (χ0n) is 10.5. The Morgan fingerprint density at radius 1 is 1.56 bits per heavy atom. The number of hydrogen-bond acceptors (Lipinski definition) is 6. The lowest BCUT2D eigenvalue weighted by Gasteiger charge is -1.98. The van der Waals surface area contributed by atoms with Gasteiger partial charge in [-0.05, 0) is 0 Å². The van der Waals surface area contributed by atoms with Crippen LogP contribution in [0.4, 0.5) is 0 Å². The first-order valence-electron chi connectivity index (χ1n) is 5.52. The summed E-state index contributed by atoms with van der Waals surface area (Å²) in [5.74, 6) is -0.0446. The number of carbonyl (C=O) groups is 1. The molecule has 0 radical (unpaired) electrons. The fourth-order valence-corrected chi connectivity index (χ4v) is 2.21. The van der Waals surface area contributed by atoms with Gasteiger partial charge in [0, 0.05) is 11.3 Å². The van der Waals surface area contributed by atoms with Crippen LogP contribution >= 0.6 is 11.3 Å². The Morgan fingerprint density at radius 3 is 2.94 bits per heavy atom. The third kappa shape index (κ3) is 2.73. The highest BCUT2D eigenvalue weighted by molar-refractivity contribution is 7.09. The molecular formula is C11H14N4O2S. The van der Waals surface area contributed by atoms with Gasteiger partial charge in [0.15, 0.2) is 0 Å². The minimum absolute atomic E-state index is 0.0665. The molecule has 0 saturated heterocycles. The molecule has 7 heteroatoms. The van der Waals surface area contributed by atoms with Gasteiger partial charge >= 0.3 is 5.97 Å². The zero-order chi connectivity index (χ0) is 13.1. The van der Waals surface area contributed by atoms with Gasteiger partial charge in [0.25, 0.3) is 5.82 Å². The highest BCUT2D eigenvalue weighted by atomic mass is 32.1. The summed E-state index contributed by atoms with van der Waals surface area (Å²) in [4.78, 5) is 19.6. The van der Waals surface area contributed by atoms with Crippen LogP contribution in [0.3, 0.4) is 0 Å². The number of hydrogen-bond donors (Lipinski definition) is 0. The number of thiazole rings is 1. The number of carbonyl (C=O) groups excluding carboxylic acids is 1. The lowest BCUT2D eigenvalue weighted by atomic mass is 10.2. The molecule has 2 rings (SSSR count). The number of rotatable bonds is 4. The highest BCUT2D eigenvalue weighted by Crippen LogP contribution is 2.19. The van der Waals surface area contributed by atoms with Gasteiger partial charge in [-0.3, -0.25) is 0 Å². The van der Waals surface area contributed by atoms with Crippen LogP contribution in [0.5, 0.6) is 0 Å². The average Bonchev–Trinajstić information content (AvgIpc) is 2.98. The Balaban J connectivity index is 2.08. The van der Waals surface area contributed by atoms with E-state index in [0.717, 1.165) is 10.7 Å². The van der Waals surface area contributed by atoms with Crippen molar-refractivity contribution >= 4 is 17.3 Å². The van der Waals surface area contributed by atoms with Crippen LogP contribution in [-0.4, -0.2) is 32.8 Å². The van der Waals surface area contributed by atoms with Gasteiger partial charge in [-0.25, -0.2) is 19.4 Å². The van der Waals surface area contributed by atoms with Gasteiger partial charge in [-0.15, -0.1) is 16.4 Å². The number of nitrogens with zero attached hydrogens (tertiary/aromatic N) is 4. The van der Waals surface area contributed by atoms with E-state index < -0.39 is 5.97 Å². The van der Waals surface area contributed by atoms with Crippen molar-refractivity contribution in [2.24, 2.45) is 0 Å². The summed E-state index contributed by atoms with van der Waals surface area (Å²) < 4.78 is 6.12. The van der Waals surface area contributed by atoms with Crippen LogP contribution in [0.1, 0.15) is 41.1 Å². The van der Waals surface area contributed by atoms with E-state index in [1.54, 1.807) is 16.0 Å². The van der Waals surface area contributed by atoms with Crippen molar-refractivity contribution in [3.63, 3.8) is 0 Å². The molecular weight excluding hydrogens is 252 g/mol. The standard InChI is InChI=1S/C11H14N4O2S/c1-7(2)10-13-8(5-18-10)4-15-6-12-9(14-15)11(16)17-3/h5-7H,4H2,1-3H3. The fraction of sp³-hybridized carbons (Fsp3) is 0.455. The molecule has 18 heavy (non-hydrogen) atoms. The molecule has 0 saturated carbocycles. The van der Waals surface area contributed by atoms with E-state index in [2.05, 4.69) is 33.7 Å². The molecule has 0 aliphatic heterocycles. The fourth-order valence-electron chi connectivity index (χ4n) is 1.38. The maximum Gasteiger partial charge on any atom is 0.377 e. The van der Waals surface area contributed by atoms with Gasteiger partial charge in [0.1, 0.15) is 6.33 Å². The largest absolute Gasteiger partial charge is 0.463 e. The molecule has 2 aromatic rings. The first kappa shape index (κ1) is 12.7. The molecule has 0 amide bonds. The highest BCUT2D eigenvalue weighted by Gasteiger charge is 2.12. The molecule has 2 heterocycles. The Hall–Kier alpha value is -1.76. The molecule has 2 aromatic heterocycles. The maximum absolute atomic E-state index is 11.2. The van der Waals surface area contributed by atoms with Crippen molar-refractivity contribution in [3.05, 3.63) is 28.2 Å². The summed E-state index contributed by atoms with van der Waals surface area (Å²) in [5, 5.41) is 7.12. The number of methoxy groups -OCH3 is 1. The molecule has 96 valence electrons. The topological polar surface area (TPSA) is 69.9 Å². The quantitative estimate of drug-likeness (QED) is 0.788. The summed E-state index contributed by atoms with van der Waals surface area (Å²) in [6, 6.07) is 0. The molecule has 0 fully saturated rings. The molecule has 0 bridgehead atoms. The monoisotopic (exact) mass is 266 g/mol. The molecule has 0 atom stereocenters. The molecule has 0 spiro atoms. The van der Waals surface area contributed by atoms with Crippen LogP contribution in [-0.2, 0) is 11.3 Å². The van der Waals surface area contributed by atoms with Crippen molar-refractivity contribution in [2.45, 2.75) is 26.3 Å². The molecule has 0 aromatic carbocycles. The second-order valence-electron chi connectivity index (χ2n) is 4.09. The normalized spacial score (nSPS) is 10.9. The van der Waals surface area contributed by atoms with Crippen molar-refractivity contribution < 1.29 is 9.53 Å². The van der Waals surface area contributed by atoms with E-state index in [4.69, 9.17) is 0 Å². The summed E-state index contributed by atoms with van der Waals surface area (Å²) in [6.45, 7) is 4.72.